The van der Waals surface area contributed by atoms with Crippen molar-refractivity contribution in [3.8, 4) is 0 Å². The Labute approximate surface area is 290 Å². The molecule has 0 N–H and O–H groups in total. The van der Waals surface area contributed by atoms with Crippen molar-refractivity contribution in [2.45, 2.75) is 27.7 Å². The summed E-state index contributed by atoms with van der Waals surface area (Å²) in [5.41, 5.74) is 9.23. The molecule has 0 bridgehead atoms. The van der Waals surface area contributed by atoms with E-state index in [4.69, 9.17) is 0 Å². The first-order valence-electron chi connectivity index (χ1n) is 14.5. The van der Waals surface area contributed by atoms with Gasteiger partial charge in [-0.05, 0) is 0 Å². The molecule has 6 aromatic rings. The van der Waals surface area contributed by atoms with Crippen LogP contribution in [0.25, 0.3) is 27.1 Å². The average Bonchev–Trinajstić information content (AvgIpc) is 3.57. The number of fused-ring (bicyclic) bond motifs is 3. The molecule has 7 rings (SSSR count). The van der Waals surface area contributed by atoms with Gasteiger partial charge in [-0.3, -0.25) is 6.08 Å². The first kappa shape index (κ1) is 35.3. The molecule has 6 aromatic carbocycles. The molecule has 0 heterocycles. The summed E-state index contributed by atoms with van der Waals surface area (Å²) in [6.07, 6.45) is 5.66. The van der Waals surface area contributed by atoms with E-state index in [1.807, 2.05) is 6.07 Å². The molecule has 0 amide bonds. The molecule has 0 aromatic heterocycles. The first-order chi connectivity index (χ1) is 20.4. The van der Waals surface area contributed by atoms with Gasteiger partial charge in [-0.2, -0.15) is 11.6 Å². The van der Waals surface area contributed by atoms with Crippen molar-refractivity contribution in [1.82, 2.24) is 0 Å². The van der Waals surface area contributed by atoms with E-state index in [1.54, 1.807) is 0 Å². The van der Waals surface area contributed by atoms with Crippen LogP contribution in [0, 0.1) is 25.8 Å². The van der Waals surface area contributed by atoms with E-state index in [-0.39, 0.29) is 24.8 Å². The average molecular weight is 691 g/mol. The summed E-state index contributed by atoms with van der Waals surface area (Å²) >= 11 is 1.46. The molecule has 1 unspecified atom stereocenters. The molecule has 0 nitrogen and oxygen atoms in total. The number of benzene rings is 5. The third-order valence-electron chi connectivity index (χ3n) is 7.55. The molecule has 3 heteroatoms. The van der Waals surface area contributed by atoms with Crippen LogP contribution in [0.5, 0.6) is 0 Å². The zero-order valence-corrected chi connectivity index (χ0v) is 29.6. The van der Waals surface area contributed by atoms with Gasteiger partial charge in [-0.15, -0.1) is 45.3 Å². The van der Waals surface area contributed by atoms with E-state index in [9.17, 15) is 0 Å². The third kappa shape index (κ3) is 8.92. The second-order valence-corrected chi connectivity index (χ2v) is 12.2. The van der Waals surface area contributed by atoms with Gasteiger partial charge < -0.3 is 24.8 Å². The fourth-order valence-corrected chi connectivity index (χ4v) is 6.10. The van der Waals surface area contributed by atoms with E-state index in [0.29, 0.717) is 5.92 Å². The van der Waals surface area contributed by atoms with Gasteiger partial charge in [0.25, 0.3) is 0 Å². The molecular formula is C41H36Cl2Zr-2. The second-order valence-electron chi connectivity index (χ2n) is 10.9. The zero-order chi connectivity index (χ0) is 29.5. The summed E-state index contributed by atoms with van der Waals surface area (Å²) < 4.78 is 1.42. The van der Waals surface area contributed by atoms with E-state index in [0.717, 1.165) is 0 Å². The molecule has 0 spiro atoms. The molecule has 1 aliphatic carbocycles. The summed E-state index contributed by atoms with van der Waals surface area (Å²) in [5, 5.41) is 5.39. The summed E-state index contributed by atoms with van der Waals surface area (Å²) in [6.45, 7) is 8.54. The van der Waals surface area contributed by atoms with Crippen molar-refractivity contribution in [2.75, 3.05) is 0 Å². The Kier molecular flexibility index (Phi) is 13.4. The summed E-state index contributed by atoms with van der Waals surface area (Å²) in [4.78, 5) is 0. The van der Waals surface area contributed by atoms with Crippen molar-refractivity contribution < 1.29 is 49.0 Å². The van der Waals surface area contributed by atoms with Gasteiger partial charge in [-0.25, -0.2) is 5.57 Å². The van der Waals surface area contributed by atoms with Gasteiger partial charge in [-0.1, -0.05) is 86.5 Å². The summed E-state index contributed by atoms with van der Waals surface area (Å²) in [6, 6.07) is 47.3. The van der Waals surface area contributed by atoms with Crippen molar-refractivity contribution in [3.63, 3.8) is 0 Å². The zero-order valence-electron chi connectivity index (χ0n) is 25.6. The van der Waals surface area contributed by atoms with E-state index in [2.05, 4.69) is 167 Å². The Bertz CT molecular complexity index is 1760. The fourth-order valence-electron chi connectivity index (χ4n) is 5.28. The Morgan fingerprint density at radius 3 is 1.45 bits per heavy atom. The normalized spacial score (nSPS) is 13.3. The van der Waals surface area contributed by atoms with Gasteiger partial charge in [0.1, 0.15) is 0 Å². The monoisotopic (exact) mass is 688 g/mol. The van der Waals surface area contributed by atoms with Crippen LogP contribution in [0.1, 0.15) is 41.7 Å². The number of rotatable bonds is 3. The maximum absolute atomic E-state index is 3.39. The molecule has 220 valence electrons. The minimum Gasteiger partial charge on any atom is -1.00 e. The molecule has 0 aliphatic heterocycles. The van der Waals surface area contributed by atoms with Crippen LogP contribution < -0.4 is 24.8 Å². The van der Waals surface area contributed by atoms with Crippen LogP contribution in [0.4, 0.5) is 0 Å². The number of aryl methyl sites for hydroxylation is 2. The number of hydrogen-bond acceptors (Lipinski definition) is 0. The maximum Gasteiger partial charge on any atom is -0.0771 e. The van der Waals surface area contributed by atoms with Gasteiger partial charge in [0, 0.05) is 0 Å². The molecule has 1 aliphatic rings. The number of allylic oxidation sites excluding steroid dienone is 4. The fraction of sp³-hybridized carbons (Fsp3) is 0.122. The van der Waals surface area contributed by atoms with Crippen LogP contribution in [0.3, 0.4) is 0 Å². The molecule has 0 radical (unpaired) electrons. The Morgan fingerprint density at radius 1 is 0.591 bits per heavy atom. The van der Waals surface area contributed by atoms with Gasteiger partial charge in [0.15, 0.2) is 0 Å². The molecule has 44 heavy (non-hydrogen) atoms. The molecule has 0 fully saturated rings. The van der Waals surface area contributed by atoms with Crippen LogP contribution in [-0.4, -0.2) is 3.21 Å². The van der Waals surface area contributed by atoms with Crippen molar-refractivity contribution in [2.24, 2.45) is 5.92 Å². The van der Waals surface area contributed by atoms with E-state index >= 15 is 0 Å². The van der Waals surface area contributed by atoms with Gasteiger partial charge in [0.2, 0.25) is 0 Å². The van der Waals surface area contributed by atoms with Crippen molar-refractivity contribution >= 4 is 30.3 Å². The molecule has 0 saturated heterocycles. The van der Waals surface area contributed by atoms with Crippen LogP contribution in [0.2, 0.25) is 0 Å². The minimum absolute atomic E-state index is 0. The largest absolute Gasteiger partial charge is 1.00 e. The van der Waals surface area contributed by atoms with E-state index < -0.39 is 0 Å². The molecular weight excluding hydrogens is 655 g/mol. The summed E-state index contributed by atoms with van der Waals surface area (Å²) in [5.74, 6) is 0.468. The van der Waals surface area contributed by atoms with Crippen molar-refractivity contribution in [3.05, 3.63) is 179 Å². The third-order valence-corrected chi connectivity index (χ3v) is 8.97. The predicted molar refractivity (Wildman–Crippen MR) is 179 cm³/mol. The van der Waals surface area contributed by atoms with Crippen LogP contribution in [0.15, 0.2) is 145 Å². The molecule has 0 saturated carbocycles. The quantitative estimate of drug-likeness (QED) is 0.238. The Morgan fingerprint density at radius 2 is 1.02 bits per heavy atom. The van der Waals surface area contributed by atoms with Crippen molar-refractivity contribution in [1.29, 1.82) is 0 Å². The van der Waals surface area contributed by atoms with Gasteiger partial charge in [0.05, 0.1) is 0 Å². The smallest absolute Gasteiger partial charge is 0.0771 e. The summed E-state index contributed by atoms with van der Waals surface area (Å²) in [7, 11) is 0. The van der Waals surface area contributed by atoms with Crippen LogP contribution >= 0.6 is 0 Å². The topological polar surface area (TPSA) is 0 Å². The number of hydrogen-bond donors (Lipinski definition) is 0. The van der Waals surface area contributed by atoms with Gasteiger partial charge >= 0.3 is 112 Å². The van der Waals surface area contributed by atoms with E-state index in [1.165, 1.54) is 87.9 Å². The standard InChI is InChI=1S/C15H14.C13H9.C13H13.2ClH.Zr/c1-12-3-7-14(8-4-12)11-15-9-5-13(2)6-10-15;1-3-7-12-10(5-1)9-11-6-2-4-8-13(11)12;1-10-8-11(2)13(9-10)12-6-4-3-5-7-12;;;/h3-10H,1-2H3;1-9H;3-7,9-10H,1-2H3;2*1H;/q;2*-1;;;+2/p-2. The Hall–Kier alpha value is -3.22. The maximum atomic E-state index is 3.39. The van der Waals surface area contributed by atoms with Crippen LogP contribution in [-0.2, 0) is 24.2 Å². The number of halogens is 2. The molecule has 1 atom stereocenters. The predicted octanol–water partition coefficient (Wildman–Crippen LogP) is 4.61. The Balaban J connectivity index is 0.000000177. The first-order valence-corrected chi connectivity index (χ1v) is 15.8. The SMILES string of the molecule is CC1=[C-]C(C)C=C1c1ccccc1.Cc1ccc([C](=[Zr+2])c2ccc(C)cc2)cc1.[Cl-].[Cl-].c1ccc2c(c1)[cH-]c1ccccc12. The second kappa shape index (κ2) is 16.7. The minimum atomic E-state index is 0.